The van der Waals surface area contributed by atoms with Gasteiger partial charge in [-0.15, -0.1) is 0 Å². The predicted octanol–water partition coefficient (Wildman–Crippen LogP) is 2.40. The van der Waals surface area contributed by atoms with E-state index < -0.39 is 11.6 Å². The highest BCUT2D eigenvalue weighted by Crippen LogP contribution is 2.28. The van der Waals surface area contributed by atoms with E-state index in [2.05, 4.69) is 15.9 Å². The number of carbonyl (C=O) groups is 1. The second kappa shape index (κ2) is 5.22. The van der Waals surface area contributed by atoms with E-state index in [4.69, 9.17) is 0 Å². The zero-order chi connectivity index (χ0) is 13.3. The fourth-order valence-corrected chi connectivity index (χ4v) is 2.48. The van der Waals surface area contributed by atoms with E-state index in [0.717, 1.165) is 0 Å². The average molecular weight is 319 g/mol. The molecule has 6 heteroatoms. The Morgan fingerprint density at radius 3 is 2.11 bits per heavy atom. The van der Waals surface area contributed by atoms with E-state index in [1.54, 1.807) is 9.80 Å². The van der Waals surface area contributed by atoms with Crippen LogP contribution < -0.4 is 4.90 Å². The van der Waals surface area contributed by atoms with E-state index >= 15 is 0 Å². The number of benzene rings is 1. The number of piperazine rings is 1. The summed E-state index contributed by atoms with van der Waals surface area (Å²) in [5.41, 5.74) is -0.0126. The Morgan fingerprint density at radius 1 is 1.17 bits per heavy atom. The molecule has 0 bridgehead atoms. The number of carbonyl (C=O) groups excluding carboxylic acids is 1. The topological polar surface area (TPSA) is 23.6 Å². The van der Waals surface area contributed by atoms with Gasteiger partial charge in [-0.05, 0) is 12.1 Å². The maximum absolute atomic E-state index is 13.8. The summed E-state index contributed by atoms with van der Waals surface area (Å²) < 4.78 is 27.9. The number of hydrogen-bond acceptors (Lipinski definition) is 2. The first kappa shape index (κ1) is 13.3. The summed E-state index contributed by atoms with van der Waals surface area (Å²) in [6.07, 6.45) is 0. The molecular formula is C12H13BrF2N2O. The lowest BCUT2D eigenvalue weighted by Gasteiger charge is -2.35. The fourth-order valence-electron chi connectivity index (χ4n) is 2.08. The number of nitrogens with zero attached hydrogens (tertiary/aromatic N) is 2. The van der Waals surface area contributed by atoms with Crippen LogP contribution in [0.1, 0.15) is 6.92 Å². The van der Waals surface area contributed by atoms with Crippen molar-refractivity contribution in [2.75, 3.05) is 31.1 Å². The molecule has 0 N–H and O–H groups in total. The highest BCUT2D eigenvalue weighted by Gasteiger charge is 2.23. The molecule has 1 heterocycles. The monoisotopic (exact) mass is 318 g/mol. The average Bonchev–Trinajstić information content (AvgIpc) is 2.28. The lowest BCUT2D eigenvalue weighted by Crippen LogP contribution is -2.48. The van der Waals surface area contributed by atoms with Crippen molar-refractivity contribution in [3.8, 4) is 0 Å². The minimum absolute atomic E-state index is 0.00796. The van der Waals surface area contributed by atoms with Crippen molar-refractivity contribution in [1.29, 1.82) is 0 Å². The van der Waals surface area contributed by atoms with Gasteiger partial charge < -0.3 is 9.80 Å². The van der Waals surface area contributed by atoms with Crippen molar-refractivity contribution in [2.24, 2.45) is 0 Å². The van der Waals surface area contributed by atoms with Crippen molar-refractivity contribution in [1.82, 2.24) is 4.90 Å². The number of anilines is 1. The van der Waals surface area contributed by atoms with Crippen LogP contribution in [0.5, 0.6) is 0 Å². The molecule has 98 valence electrons. The van der Waals surface area contributed by atoms with Crippen molar-refractivity contribution in [2.45, 2.75) is 6.92 Å². The molecule has 1 aliphatic heterocycles. The number of halogens is 3. The van der Waals surface area contributed by atoms with Gasteiger partial charge in [-0.25, -0.2) is 8.78 Å². The molecule has 1 amide bonds. The van der Waals surface area contributed by atoms with Crippen molar-refractivity contribution in [3.63, 3.8) is 0 Å². The smallest absolute Gasteiger partial charge is 0.219 e. The summed E-state index contributed by atoms with van der Waals surface area (Å²) >= 11 is 3.05. The van der Waals surface area contributed by atoms with Gasteiger partial charge in [0, 0.05) is 37.6 Å². The van der Waals surface area contributed by atoms with Gasteiger partial charge in [0.25, 0.3) is 0 Å². The molecular weight excluding hydrogens is 306 g/mol. The molecule has 0 aliphatic carbocycles. The van der Waals surface area contributed by atoms with E-state index in [1.165, 1.54) is 19.1 Å². The lowest BCUT2D eigenvalue weighted by atomic mass is 10.2. The fraction of sp³-hybridized carbons (Fsp3) is 0.417. The highest BCUT2D eigenvalue weighted by molar-refractivity contribution is 9.10. The van der Waals surface area contributed by atoms with Crippen LogP contribution in [0.15, 0.2) is 16.6 Å². The van der Waals surface area contributed by atoms with Crippen LogP contribution >= 0.6 is 15.9 Å². The van der Waals surface area contributed by atoms with Crippen molar-refractivity contribution in [3.05, 3.63) is 28.2 Å². The molecule has 0 saturated carbocycles. The standard InChI is InChI=1S/C12H13BrF2N2O/c1-8(18)16-2-4-17(5-3-16)12-10(14)6-9(13)7-11(12)15/h6-7H,2-5H2,1H3. The molecule has 0 unspecified atom stereocenters. The summed E-state index contributed by atoms with van der Waals surface area (Å²) in [6.45, 7) is 3.36. The Kier molecular flexibility index (Phi) is 3.85. The van der Waals surface area contributed by atoms with Crippen LogP contribution in [0.2, 0.25) is 0 Å². The van der Waals surface area contributed by atoms with Gasteiger partial charge in [0.15, 0.2) is 11.6 Å². The molecule has 0 aromatic heterocycles. The zero-order valence-corrected chi connectivity index (χ0v) is 11.5. The maximum atomic E-state index is 13.8. The molecule has 1 aromatic carbocycles. The van der Waals surface area contributed by atoms with Gasteiger partial charge in [-0.2, -0.15) is 0 Å². The van der Waals surface area contributed by atoms with Gasteiger partial charge in [0.05, 0.1) is 0 Å². The minimum atomic E-state index is -0.585. The summed E-state index contributed by atoms with van der Waals surface area (Å²) in [5, 5.41) is 0. The first-order valence-electron chi connectivity index (χ1n) is 5.64. The molecule has 2 rings (SSSR count). The number of rotatable bonds is 1. The molecule has 0 spiro atoms. The summed E-state index contributed by atoms with van der Waals surface area (Å²) in [6, 6.07) is 2.49. The second-order valence-electron chi connectivity index (χ2n) is 4.21. The SMILES string of the molecule is CC(=O)N1CCN(c2c(F)cc(Br)cc2F)CC1. The predicted molar refractivity (Wildman–Crippen MR) is 68.5 cm³/mol. The molecule has 1 saturated heterocycles. The number of hydrogen-bond donors (Lipinski definition) is 0. The highest BCUT2D eigenvalue weighted by atomic mass is 79.9. The van der Waals surface area contributed by atoms with Crippen LogP contribution in [-0.2, 0) is 4.79 Å². The summed E-state index contributed by atoms with van der Waals surface area (Å²) in [7, 11) is 0. The Hall–Kier alpha value is -1.17. The van der Waals surface area contributed by atoms with Crippen molar-refractivity contribution >= 4 is 27.5 Å². The molecule has 1 fully saturated rings. The molecule has 1 aliphatic rings. The van der Waals surface area contributed by atoms with Gasteiger partial charge in [0.2, 0.25) is 5.91 Å². The van der Waals surface area contributed by atoms with Gasteiger partial charge >= 0.3 is 0 Å². The Labute approximate surface area is 112 Å². The van der Waals surface area contributed by atoms with Crippen LogP contribution in [0, 0.1) is 11.6 Å². The summed E-state index contributed by atoms with van der Waals surface area (Å²) in [5.74, 6) is -1.18. The van der Waals surface area contributed by atoms with E-state index in [9.17, 15) is 13.6 Å². The molecule has 18 heavy (non-hydrogen) atoms. The van der Waals surface area contributed by atoms with E-state index in [1.807, 2.05) is 0 Å². The van der Waals surface area contributed by atoms with Crippen LogP contribution in [-0.4, -0.2) is 37.0 Å². The Morgan fingerprint density at radius 2 is 1.67 bits per heavy atom. The second-order valence-corrected chi connectivity index (χ2v) is 5.13. The van der Waals surface area contributed by atoms with Crippen LogP contribution in [0.25, 0.3) is 0 Å². The molecule has 3 nitrogen and oxygen atoms in total. The lowest BCUT2D eigenvalue weighted by molar-refractivity contribution is -0.129. The van der Waals surface area contributed by atoms with E-state index in [0.29, 0.717) is 30.7 Å². The molecule has 1 aromatic rings. The van der Waals surface area contributed by atoms with Gasteiger partial charge in [-0.1, -0.05) is 15.9 Å². The van der Waals surface area contributed by atoms with E-state index in [-0.39, 0.29) is 11.6 Å². The number of amides is 1. The molecule has 0 atom stereocenters. The summed E-state index contributed by atoms with van der Waals surface area (Å²) in [4.78, 5) is 14.5. The first-order chi connectivity index (χ1) is 8.49. The largest absolute Gasteiger partial charge is 0.363 e. The van der Waals surface area contributed by atoms with Crippen LogP contribution in [0.3, 0.4) is 0 Å². The van der Waals surface area contributed by atoms with Gasteiger partial charge in [-0.3, -0.25) is 4.79 Å². The maximum Gasteiger partial charge on any atom is 0.219 e. The third-order valence-corrected chi connectivity index (χ3v) is 3.48. The van der Waals surface area contributed by atoms with Crippen LogP contribution in [0.4, 0.5) is 14.5 Å². The Bertz CT molecular complexity index is 450. The third kappa shape index (κ3) is 2.63. The third-order valence-electron chi connectivity index (χ3n) is 3.02. The molecule has 0 radical (unpaired) electrons. The minimum Gasteiger partial charge on any atom is -0.363 e. The zero-order valence-electron chi connectivity index (χ0n) is 9.92. The van der Waals surface area contributed by atoms with Gasteiger partial charge in [0.1, 0.15) is 5.69 Å². The Balaban J connectivity index is 2.17. The first-order valence-corrected chi connectivity index (χ1v) is 6.43. The normalized spacial score (nSPS) is 16.0. The van der Waals surface area contributed by atoms with Crippen molar-refractivity contribution < 1.29 is 13.6 Å². The quantitative estimate of drug-likeness (QED) is 0.794.